The van der Waals surface area contributed by atoms with Gasteiger partial charge in [-0.1, -0.05) is 25.1 Å². The SMILES string of the molecule is CCCN(C(=O)c1cccs1)C1CCN(Cc2ccc(C(=O)O)cc2)CC1. The standard InChI is InChI=1S/C21H26N2O3S/c1-2-11-23(20(24)19-4-3-14-27-19)18-9-12-22(13-10-18)15-16-5-7-17(8-6-16)21(25)26/h3-8,14,18H,2,9-13,15H2,1H3,(H,25,26). The Hall–Kier alpha value is -2.18. The molecule has 0 bridgehead atoms. The number of hydrogen-bond donors (Lipinski definition) is 1. The monoisotopic (exact) mass is 386 g/mol. The number of aromatic carboxylic acids is 1. The molecular formula is C21H26N2O3S. The van der Waals surface area contributed by atoms with Crippen molar-refractivity contribution in [3.8, 4) is 0 Å². The second kappa shape index (κ2) is 9.15. The van der Waals surface area contributed by atoms with Gasteiger partial charge in [-0.25, -0.2) is 4.79 Å². The molecule has 1 aliphatic rings. The highest BCUT2D eigenvalue weighted by molar-refractivity contribution is 7.12. The third kappa shape index (κ3) is 4.96. The number of carbonyl (C=O) groups is 2. The molecule has 27 heavy (non-hydrogen) atoms. The molecule has 5 nitrogen and oxygen atoms in total. The van der Waals surface area contributed by atoms with Gasteiger partial charge in [0.1, 0.15) is 0 Å². The summed E-state index contributed by atoms with van der Waals surface area (Å²) < 4.78 is 0. The zero-order valence-electron chi connectivity index (χ0n) is 15.6. The van der Waals surface area contributed by atoms with E-state index >= 15 is 0 Å². The molecule has 1 aromatic heterocycles. The van der Waals surface area contributed by atoms with E-state index in [0.29, 0.717) is 11.6 Å². The maximum atomic E-state index is 12.8. The van der Waals surface area contributed by atoms with E-state index in [4.69, 9.17) is 5.11 Å². The molecule has 1 fully saturated rings. The number of benzene rings is 1. The van der Waals surface area contributed by atoms with Crippen molar-refractivity contribution in [1.29, 1.82) is 0 Å². The van der Waals surface area contributed by atoms with Gasteiger partial charge in [0.15, 0.2) is 0 Å². The first kappa shape index (κ1) is 19.6. The Morgan fingerprint density at radius 2 is 1.89 bits per heavy atom. The zero-order chi connectivity index (χ0) is 19.2. The Balaban J connectivity index is 1.56. The van der Waals surface area contributed by atoms with Crippen LogP contribution in [-0.2, 0) is 6.54 Å². The van der Waals surface area contributed by atoms with Crippen LogP contribution in [0.5, 0.6) is 0 Å². The topological polar surface area (TPSA) is 60.9 Å². The molecule has 1 saturated heterocycles. The van der Waals surface area contributed by atoms with Crippen molar-refractivity contribution in [2.75, 3.05) is 19.6 Å². The first-order valence-electron chi connectivity index (χ1n) is 9.47. The van der Waals surface area contributed by atoms with Gasteiger partial charge in [0.2, 0.25) is 0 Å². The normalized spacial score (nSPS) is 15.6. The van der Waals surface area contributed by atoms with Gasteiger partial charge in [-0.3, -0.25) is 9.69 Å². The van der Waals surface area contributed by atoms with Gasteiger partial charge in [-0.05, 0) is 48.4 Å². The molecule has 1 N–H and O–H groups in total. The van der Waals surface area contributed by atoms with E-state index in [9.17, 15) is 9.59 Å². The number of likely N-dealkylation sites (tertiary alicyclic amines) is 1. The minimum atomic E-state index is -0.895. The maximum absolute atomic E-state index is 12.8. The lowest BCUT2D eigenvalue weighted by Gasteiger charge is -2.38. The van der Waals surface area contributed by atoms with Crippen LogP contribution in [0, 0.1) is 0 Å². The van der Waals surface area contributed by atoms with E-state index in [-0.39, 0.29) is 5.91 Å². The molecule has 0 saturated carbocycles. The first-order valence-corrected chi connectivity index (χ1v) is 10.4. The van der Waals surface area contributed by atoms with Crippen LogP contribution in [0.1, 0.15) is 51.8 Å². The maximum Gasteiger partial charge on any atom is 0.335 e. The highest BCUT2D eigenvalue weighted by Gasteiger charge is 2.28. The van der Waals surface area contributed by atoms with Crippen LogP contribution in [0.3, 0.4) is 0 Å². The van der Waals surface area contributed by atoms with Crippen LogP contribution in [0.15, 0.2) is 41.8 Å². The van der Waals surface area contributed by atoms with Gasteiger partial charge in [-0.15, -0.1) is 11.3 Å². The van der Waals surface area contributed by atoms with Crippen molar-refractivity contribution in [3.63, 3.8) is 0 Å². The van der Waals surface area contributed by atoms with Crippen LogP contribution in [-0.4, -0.2) is 52.5 Å². The molecule has 0 radical (unpaired) electrons. The second-order valence-electron chi connectivity index (χ2n) is 6.99. The van der Waals surface area contributed by atoms with Crippen LogP contribution in [0.25, 0.3) is 0 Å². The number of carbonyl (C=O) groups excluding carboxylic acids is 1. The van der Waals surface area contributed by atoms with E-state index in [1.165, 1.54) is 11.3 Å². The molecule has 0 aliphatic carbocycles. The molecule has 0 atom stereocenters. The molecule has 3 rings (SSSR count). The largest absolute Gasteiger partial charge is 0.478 e. The fraction of sp³-hybridized carbons (Fsp3) is 0.429. The lowest BCUT2D eigenvalue weighted by Crippen LogP contribution is -2.47. The van der Waals surface area contributed by atoms with Gasteiger partial charge >= 0.3 is 5.97 Å². The summed E-state index contributed by atoms with van der Waals surface area (Å²) in [5, 5.41) is 10.9. The second-order valence-corrected chi connectivity index (χ2v) is 7.93. The summed E-state index contributed by atoms with van der Waals surface area (Å²) >= 11 is 1.51. The average Bonchev–Trinajstić information content (AvgIpc) is 3.22. The van der Waals surface area contributed by atoms with Crippen molar-refractivity contribution in [2.45, 2.75) is 38.8 Å². The quantitative estimate of drug-likeness (QED) is 0.782. The zero-order valence-corrected chi connectivity index (χ0v) is 16.5. The van der Waals surface area contributed by atoms with Gasteiger partial charge in [0, 0.05) is 32.2 Å². The summed E-state index contributed by atoms with van der Waals surface area (Å²) in [6, 6.07) is 11.2. The van der Waals surface area contributed by atoms with E-state index in [2.05, 4.69) is 16.7 Å². The van der Waals surface area contributed by atoms with Gasteiger partial charge in [0.05, 0.1) is 10.4 Å². The number of thiophene rings is 1. The van der Waals surface area contributed by atoms with Gasteiger partial charge < -0.3 is 10.0 Å². The lowest BCUT2D eigenvalue weighted by atomic mass is 10.0. The average molecular weight is 387 g/mol. The van der Waals surface area contributed by atoms with Crippen molar-refractivity contribution >= 4 is 23.2 Å². The molecule has 1 amide bonds. The van der Waals surface area contributed by atoms with E-state index < -0.39 is 5.97 Å². The Labute approximate surface area is 164 Å². The molecule has 2 aromatic rings. The highest BCUT2D eigenvalue weighted by Crippen LogP contribution is 2.22. The van der Waals surface area contributed by atoms with E-state index in [0.717, 1.165) is 55.9 Å². The Morgan fingerprint density at radius 3 is 2.44 bits per heavy atom. The molecule has 144 valence electrons. The lowest BCUT2D eigenvalue weighted by molar-refractivity contribution is 0.0569. The van der Waals surface area contributed by atoms with Crippen LogP contribution in [0.2, 0.25) is 0 Å². The van der Waals surface area contributed by atoms with Gasteiger partial charge in [-0.2, -0.15) is 0 Å². The summed E-state index contributed by atoms with van der Waals surface area (Å²) in [5.74, 6) is -0.733. The minimum Gasteiger partial charge on any atom is -0.478 e. The van der Waals surface area contributed by atoms with E-state index in [1.807, 2.05) is 29.6 Å². The Morgan fingerprint density at radius 1 is 1.19 bits per heavy atom. The number of amides is 1. The number of nitrogens with zero attached hydrogens (tertiary/aromatic N) is 2. The van der Waals surface area contributed by atoms with Crippen molar-refractivity contribution in [1.82, 2.24) is 9.80 Å². The summed E-state index contributed by atoms with van der Waals surface area (Å²) in [6.45, 7) is 5.63. The smallest absolute Gasteiger partial charge is 0.335 e. The molecule has 1 aromatic carbocycles. The molecule has 2 heterocycles. The van der Waals surface area contributed by atoms with Crippen LogP contribution < -0.4 is 0 Å². The first-order chi connectivity index (χ1) is 13.1. The van der Waals surface area contributed by atoms with Gasteiger partial charge in [0.25, 0.3) is 5.91 Å². The molecule has 1 aliphatic heterocycles. The molecule has 0 spiro atoms. The predicted molar refractivity (Wildman–Crippen MR) is 107 cm³/mol. The minimum absolute atomic E-state index is 0.162. The number of carboxylic acid groups (broad SMARTS) is 1. The summed E-state index contributed by atoms with van der Waals surface area (Å²) in [6.07, 6.45) is 2.92. The third-order valence-electron chi connectivity index (χ3n) is 5.06. The van der Waals surface area contributed by atoms with Crippen molar-refractivity contribution in [2.24, 2.45) is 0 Å². The number of rotatable bonds is 7. The summed E-state index contributed by atoms with van der Waals surface area (Å²) in [5.41, 5.74) is 1.44. The van der Waals surface area contributed by atoms with Crippen LogP contribution in [0.4, 0.5) is 0 Å². The fourth-order valence-corrected chi connectivity index (χ4v) is 4.31. The molecule has 0 unspecified atom stereocenters. The number of hydrogen-bond acceptors (Lipinski definition) is 4. The van der Waals surface area contributed by atoms with Crippen molar-refractivity contribution < 1.29 is 14.7 Å². The van der Waals surface area contributed by atoms with Crippen LogP contribution >= 0.6 is 11.3 Å². The number of piperidine rings is 1. The third-order valence-corrected chi connectivity index (χ3v) is 5.92. The summed E-state index contributed by atoms with van der Waals surface area (Å²) in [7, 11) is 0. The Kier molecular flexibility index (Phi) is 6.63. The number of carboxylic acids is 1. The summed E-state index contributed by atoms with van der Waals surface area (Å²) in [4.78, 5) is 29.0. The van der Waals surface area contributed by atoms with Crippen molar-refractivity contribution in [3.05, 3.63) is 57.8 Å². The van der Waals surface area contributed by atoms with E-state index in [1.54, 1.807) is 12.1 Å². The highest BCUT2D eigenvalue weighted by atomic mass is 32.1. The molecule has 6 heteroatoms. The Bertz CT molecular complexity index is 750. The predicted octanol–water partition coefficient (Wildman–Crippen LogP) is 3.96. The fourth-order valence-electron chi connectivity index (χ4n) is 3.63. The molecular weight excluding hydrogens is 360 g/mol.